The molecule has 3 rings (SSSR count). The Morgan fingerprint density at radius 1 is 1.23 bits per heavy atom. The normalized spacial score (nSPS) is 21.0. The van der Waals surface area contributed by atoms with E-state index in [0.717, 1.165) is 44.8 Å². The van der Waals surface area contributed by atoms with E-state index in [1.54, 1.807) is 14.2 Å². The third-order valence-corrected chi connectivity index (χ3v) is 5.66. The summed E-state index contributed by atoms with van der Waals surface area (Å²) in [5.41, 5.74) is 1.39. The molecule has 0 saturated carbocycles. The van der Waals surface area contributed by atoms with Crippen molar-refractivity contribution in [3.8, 4) is 5.75 Å². The quantitative estimate of drug-likeness (QED) is 0.743. The van der Waals surface area contributed by atoms with Crippen LogP contribution in [0.3, 0.4) is 0 Å². The number of carboxylic acid groups (broad SMARTS) is 1. The number of benzene rings is 1. The molecule has 2 fully saturated rings. The Morgan fingerprint density at radius 2 is 1.80 bits per heavy atom. The smallest absolute Gasteiger partial charge is 0.490 e. The number of carboxylic acids is 1. The van der Waals surface area contributed by atoms with Gasteiger partial charge >= 0.3 is 12.1 Å². The van der Waals surface area contributed by atoms with E-state index in [1.807, 2.05) is 12.1 Å². The first-order valence-corrected chi connectivity index (χ1v) is 9.53. The van der Waals surface area contributed by atoms with E-state index in [0.29, 0.717) is 6.61 Å². The fourth-order valence-electron chi connectivity index (χ4n) is 3.88. The summed E-state index contributed by atoms with van der Waals surface area (Å²) >= 11 is 0. The van der Waals surface area contributed by atoms with Crippen molar-refractivity contribution in [3.05, 3.63) is 29.8 Å². The Balaban J connectivity index is 0.000000396. The summed E-state index contributed by atoms with van der Waals surface area (Å²) in [7, 11) is 3.37. The first kappa shape index (κ1) is 23.9. The van der Waals surface area contributed by atoms with Crippen LogP contribution in [-0.2, 0) is 20.9 Å². The molecule has 1 unspecified atom stereocenters. The molecule has 0 bridgehead atoms. The van der Waals surface area contributed by atoms with Crippen LogP contribution < -0.4 is 10.1 Å². The Morgan fingerprint density at radius 3 is 2.27 bits per heavy atom. The number of nitrogens with zero attached hydrogens (tertiary/aromatic N) is 1. The van der Waals surface area contributed by atoms with Crippen molar-refractivity contribution in [1.82, 2.24) is 10.2 Å². The Bertz CT molecular complexity index is 716. The van der Waals surface area contributed by atoms with Gasteiger partial charge in [-0.3, -0.25) is 9.69 Å². The molecule has 0 aromatic heterocycles. The third-order valence-electron chi connectivity index (χ3n) is 5.66. The molecule has 1 amide bonds. The topological polar surface area (TPSA) is 88.1 Å². The van der Waals surface area contributed by atoms with E-state index < -0.39 is 12.1 Å². The zero-order chi connectivity index (χ0) is 22.4. The first-order valence-electron chi connectivity index (χ1n) is 9.53. The van der Waals surface area contributed by atoms with E-state index in [2.05, 4.69) is 22.3 Å². The molecule has 10 heteroatoms. The molecule has 1 aromatic rings. The van der Waals surface area contributed by atoms with Crippen LogP contribution in [0, 0.1) is 11.3 Å². The molecule has 30 heavy (non-hydrogen) atoms. The summed E-state index contributed by atoms with van der Waals surface area (Å²) in [6, 6.07) is 8.26. The van der Waals surface area contributed by atoms with Gasteiger partial charge in [0.15, 0.2) is 0 Å². The van der Waals surface area contributed by atoms with Gasteiger partial charge in [0.25, 0.3) is 0 Å². The van der Waals surface area contributed by atoms with Gasteiger partial charge in [-0.15, -0.1) is 0 Å². The maximum Gasteiger partial charge on any atom is 0.490 e. The number of amides is 1. The van der Waals surface area contributed by atoms with Gasteiger partial charge in [0, 0.05) is 25.6 Å². The molecule has 1 spiro atoms. The SMILES string of the molecule is COCC1C(=O)NCC12CCN(Cc1ccc(OC)cc1)CC2.O=C(O)C(F)(F)F. The van der Waals surface area contributed by atoms with Gasteiger partial charge in [0.2, 0.25) is 5.91 Å². The summed E-state index contributed by atoms with van der Waals surface area (Å²) < 4.78 is 42.2. The summed E-state index contributed by atoms with van der Waals surface area (Å²) in [6.45, 7) is 4.35. The number of hydrogen-bond donors (Lipinski definition) is 2. The number of methoxy groups -OCH3 is 2. The number of carbonyl (C=O) groups excluding carboxylic acids is 1. The second kappa shape index (κ2) is 10.1. The first-order chi connectivity index (χ1) is 14.1. The third kappa shape index (κ3) is 6.09. The molecule has 2 heterocycles. The molecule has 2 aliphatic heterocycles. The maximum atomic E-state index is 12.1. The average molecular weight is 432 g/mol. The molecule has 1 aromatic carbocycles. The lowest BCUT2D eigenvalue weighted by Crippen LogP contribution is -2.45. The largest absolute Gasteiger partial charge is 0.497 e. The van der Waals surface area contributed by atoms with Crippen molar-refractivity contribution in [2.24, 2.45) is 11.3 Å². The van der Waals surface area contributed by atoms with E-state index in [1.165, 1.54) is 5.56 Å². The summed E-state index contributed by atoms with van der Waals surface area (Å²) in [6.07, 6.45) is -2.98. The number of piperidine rings is 1. The lowest BCUT2D eigenvalue weighted by molar-refractivity contribution is -0.192. The summed E-state index contributed by atoms with van der Waals surface area (Å²) in [5.74, 6) is -1.69. The van der Waals surface area contributed by atoms with Gasteiger partial charge in [0.05, 0.1) is 19.6 Å². The predicted molar refractivity (Wildman–Crippen MR) is 102 cm³/mol. The van der Waals surface area contributed by atoms with E-state index in [4.69, 9.17) is 19.4 Å². The molecular weight excluding hydrogens is 405 g/mol. The van der Waals surface area contributed by atoms with Crippen LogP contribution in [0.2, 0.25) is 0 Å². The number of nitrogens with one attached hydrogen (secondary N) is 1. The number of alkyl halides is 3. The summed E-state index contributed by atoms with van der Waals surface area (Å²) in [5, 5.41) is 10.2. The van der Waals surface area contributed by atoms with Gasteiger partial charge in [-0.25, -0.2) is 4.79 Å². The number of ether oxygens (including phenoxy) is 2. The van der Waals surface area contributed by atoms with Crippen molar-refractivity contribution in [3.63, 3.8) is 0 Å². The molecule has 1 atom stereocenters. The van der Waals surface area contributed by atoms with E-state index in [-0.39, 0.29) is 17.2 Å². The number of hydrogen-bond acceptors (Lipinski definition) is 5. The highest BCUT2D eigenvalue weighted by atomic mass is 19.4. The molecule has 0 radical (unpaired) electrons. The zero-order valence-electron chi connectivity index (χ0n) is 17.0. The minimum atomic E-state index is -5.08. The van der Waals surface area contributed by atoms with Crippen LogP contribution in [0.15, 0.2) is 24.3 Å². The fraction of sp³-hybridized carbons (Fsp3) is 0.600. The second-order valence-electron chi connectivity index (χ2n) is 7.52. The monoisotopic (exact) mass is 432 g/mol. The molecule has 2 saturated heterocycles. The van der Waals surface area contributed by atoms with Crippen LogP contribution in [0.5, 0.6) is 5.75 Å². The van der Waals surface area contributed by atoms with Crippen LogP contribution in [0.1, 0.15) is 18.4 Å². The highest BCUT2D eigenvalue weighted by molar-refractivity contribution is 5.82. The number of carbonyl (C=O) groups is 2. The number of halogens is 3. The van der Waals surface area contributed by atoms with Crippen LogP contribution in [0.4, 0.5) is 13.2 Å². The minimum Gasteiger partial charge on any atom is -0.497 e. The predicted octanol–water partition coefficient (Wildman–Crippen LogP) is 2.30. The highest BCUT2D eigenvalue weighted by Crippen LogP contribution is 2.42. The Kier molecular flexibility index (Phi) is 8.08. The number of likely N-dealkylation sites (tertiary alicyclic amines) is 1. The van der Waals surface area contributed by atoms with Crippen molar-refractivity contribution >= 4 is 11.9 Å². The molecule has 7 nitrogen and oxygen atoms in total. The number of aliphatic carboxylic acids is 1. The van der Waals surface area contributed by atoms with Crippen molar-refractivity contribution < 1.29 is 37.3 Å². The van der Waals surface area contributed by atoms with E-state index in [9.17, 15) is 18.0 Å². The average Bonchev–Trinajstić information content (AvgIpc) is 3.00. The van der Waals surface area contributed by atoms with Crippen LogP contribution in [-0.4, -0.2) is 68.5 Å². The van der Waals surface area contributed by atoms with Gasteiger partial charge in [-0.05, 0) is 43.6 Å². The van der Waals surface area contributed by atoms with Gasteiger partial charge < -0.3 is 19.9 Å². The Labute approximate surface area is 173 Å². The highest BCUT2D eigenvalue weighted by Gasteiger charge is 2.49. The molecule has 2 N–H and O–H groups in total. The van der Waals surface area contributed by atoms with Gasteiger partial charge in [-0.1, -0.05) is 12.1 Å². The van der Waals surface area contributed by atoms with Gasteiger partial charge in [-0.2, -0.15) is 13.2 Å². The molecular formula is C20H27F3N2O5. The lowest BCUT2D eigenvalue weighted by atomic mass is 9.71. The molecule has 168 valence electrons. The Hall–Kier alpha value is -2.33. The van der Waals surface area contributed by atoms with Crippen molar-refractivity contribution in [2.45, 2.75) is 25.6 Å². The second-order valence-corrected chi connectivity index (χ2v) is 7.52. The zero-order valence-corrected chi connectivity index (χ0v) is 17.0. The van der Waals surface area contributed by atoms with Crippen LogP contribution >= 0.6 is 0 Å². The van der Waals surface area contributed by atoms with Gasteiger partial charge in [0.1, 0.15) is 5.75 Å². The molecule has 2 aliphatic rings. The fourth-order valence-corrected chi connectivity index (χ4v) is 3.88. The van der Waals surface area contributed by atoms with Crippen LogP contribution in [0.25, 0.3) is 0 Å². The van der Waals surface area contributed by atoms with Crippen molar-refractivity contribution in [1.29, 1.82) is 0 Å². The van der Waals surface area contributed by atoms with Crippen molar-refractivity contribution in [2.75, 3.05) is 40.5 Å². The molecule has 0 aliphatic carbocycles. The van der Waals surface area contributed by atoms with E-state index >= 15 is 0 Å². The number of rotatable bonds is 5. The lowest BCUT2D eigenvalue weighted by Gasteiger charge is -2.41. The standard InChI is InChI=1S/C18H26N2O3.C2HF3O2/c1-22-12-16-17(21)19-13-18(16)7-9-20(10-8-18)11-14-3-5-15(23-2)6-4-14;3-2(4,5)1(6)7/h3-6,16H,7-13H2,1-2H3,(H,19,21);(H,6,7). The minimum absolute atomic E-state index is 0.00985. The maximum absolute atomic E-state index is 12.1. The summed E-state index contributed by atoms with van der Waals surface area (Å²) in [4.78, 5) is 23.4.